The molecule has 0 spiro atoms. The van der Waals surface area contributed by atoms with Gasteiger partial charge in [0.05, 0.1) is 5.38 Å². The molecule has 0 bridgehead atoms. The number of allylic oxidation sites excluding steroid dienone is 3. The van der Waals surface area contributed by atoms with Crippen LogP contribution in [0.1, 0.15) is 26.7 Å². The van der Waals surface area contributed by atoms with Crippen LogP contribution >= 0.6 is 11.6 Å². The molecule has 0 saturated carbocycles. The maximum absolute atomic E-state index is 11.4. The molecule has 4 nitrogen and oxygen atoms in total. The predicted molar refractivity (Wildman–Crippen MR) is 63.9 cm³/mol. The number of hydrogen-bond donors (Lipinski definition) is 1. The van der Waals surface area contributed by atoms with Crippen LogP contribution in [-0.2, 0) is 14.3 Å². The summed E-state index contributed by atoms with van der Waals surface area (Å²) in [5.74, 6) is -1.05. The lowest BCUT2D eigenvalue weighted by Gasteiger charge is -2.20. The van der Waals surface area contributed by atoms with Crippen LogP contribution in [0.25, 0.3) is 0 Å². The number of carboxylic acid groups (broad SMARTS) is 1. The maximum atomic E-state index is 11.4. The van der Waals surface area contributed by atoms with Crippen LogP contribution in [-0.4, -0.2) is 28.3 Å². The number of rotatable bonds is 5. The molecule has 0 aliphatic heterocycles. The molecule has 2 atom stereocenters. The van der Waals surface area contributed by atoms with E-state index in [1.807, 2.05) is 13.0 Å². The van der Waals surface area contributed by atoms with Gasteiger partial charge < -0.3 is 9.84 Å². The van der Waals surface area contributed by atoms with Gasteiger partial charge in [-0.2, -0.15) is 0 Å². The van der Waals surface area contributed by atoms with Crippen LogP contribution in [0.4, 0.5) is 0 Å². The van der Waals surface area contributed by atoms with E-state index in [1.54, 1.807) is 6.08 Å². The zero-order valence-electron chi connectivity index (χ0n) is 9.77. The summed E-state index contributed by atoms with van der Waals surface area (Å²) >= 11 is 6.04. The smallest absolute Gasteiger partial charge is 0.311 e. The summed E-state index contributed by atoms with van der Waals surface area (Å²) in [4.78, 5) is 21.8. The van der Waals surface area contributed by atoms with Gasteiger partial charge in [-0.3, -0.25) is 9.59 Å². The Hall–Kier alpha value is -1.29. The number of ketones is 1. The highest BCUT2D eigenvalue weighted by Gasteiger charge is 2.21. The van der Waals surface area contributed by atoms with Gasteiger partial charge in [0.15, 0.2) is 11.9 Å². The molecule has 17 heavy (non-hydrogen) atoms. The van der Waals surface area contributed by atoms with Gasteiger partial charge in [0.1, 0.15) is 12.2 Å². The molecular weight excluding hydrogens is 244 g/mol. The van der Waals surface area contributed by atoms with Crippen molar-refractivity contribution in [3.63, 3.8) is 0 Å². The standard InChI is InChI=1S/C12H15ClO4/c1-7-9(13)4-3-5-11(7)17-8(2)10(14)6-12(15)16/h3,5,8-9H,4,6H2,1-2H3,(H,15,16). The molecule has 2 unspecified atom stereocenters. The first-order valence-electron chi connectivity index (χ1n) is 5.34. The Morgan fingerprint density at radius 3 is 2.88 bits per heavy atom. The fourth-order valence-corrected chi connectivity index (χ4v) is 1.65. The van der Waals surface area contributed by atoms with Crippen LogP contribution in [0.5, 0.6) is 0 Å². The quantitative estimate of drug-likeness (QED) is 0.607. The molecule has 0 aromatic carbocycles. The Morgan fingerprint density at radius 1 is 1.65 bits per heavy atom. The van der Waals surface area contributed by atoms with E-state index in [0.29, 0.717) is 5.76 Å². The minimum atomic E-state index is -1.15. The zero-order chi connectivity index (χ0) is 13.0. The molecule has 0 fully saturated rings. The summed E-state index contributed by atoms with van der Waals surface area (Å²) in [5.41, 5.74) is 0.865. The largest absolute Gasteiger partial charge is 0.483 e. The van der Waals surface area contributed by atoms with E-state index >= 15 is 0 Å². The summed E-state index contributed by atoms with van der Waals surface area (Å²) in [6, 6.07) is 0. The fraction of sp³-hybridized carbons (Fsp3) is 0.500. The molecular formula is C12H15ClO4. The SMILES string of the molecule is CC1=C(OC(C)C(=O)CC(=O)O)C=CCC1Cl. The van der Waals surface area contributed by atoms with Gasteiger partial charge in [0.25, 0.3) is 0 Å². The van der Waals surface area contributed by atoms with E-state index in [1.165, 1.54) is 6.92 Å². The van der Waals surface area contributed by atoms with Gasteiger partial charge in [-0.25, -0.2) is 0 Å². The van der Waals surface area contributed by atoms with Crippen molar-refractivity contribution in [2.75, 3.05) is 0 Å². The second-order valence-electron chi connectivity index (χ2n) is 3.95. The highest BCUT2D eigenvalue weighted by Crippen LogP contribution is 2.25. The number of halogens is 1. The van der Waals surface area contributed by atoms with Crippen molar-refractivity contribution in [1.82, 2.24) is 0 Å². The third-order valence-electron chi connectivity index (χ3n) is 2.55. The van der Waals surface area contributed by atoms with E-state index in [9.17, 15) is 9.59 Å². The van der Waals surface area contributed by atoms with Gasteiger partial charge in [-0.1, -0.05) is 6.08 Å². The maximum Gasteiger partial charge on any atom is 0.311 e. The lowest BCUT2D eigenvalue weighted by Crippen LogP contribution is -2.24. The monoisotopic (exact) mass is 258 g/mol. The number of hydrogen-bond acceptors (Lipinski definition) is 3. The van der Waals surface area contributed by atoms with Crippen molar-refractivity contribution < 1.29 is 19.4 Å². The van der Waals surface area contributed by atoms with Crippen LogP contribution < -0.4 is 0 Å². The highest BCUT2D eigenvalue weighted by atomic mass is 35.5. The topological polar surface area (TPSA) is 63.6 Å². The first-order chi connectivity index (χ1) is 7.91. The molecule has 1 aliphatic carbocycles. The Morgan fingerprint density at radius 2 is 2.29 bits per heavy atom. The molecule has 1 N–H and O–H groups in total. The van der Waals surface area contributed by atoms with E-state index in [0.717, 1.165) is 12.0 Å². The van der Waals surface area contributed by atoms with Crippen molar-refractivity contribution in [3.05, 3.63) is 23.5 Å². The summed E-state index contributed by atoms with van der Waals surface area (Å²) in [6.07, 6.45) is 3.06. The fourth-order valence-electron chi connectivity index (χ4n) is 1.44. The number of aliphatic carboxylic acids is 1. The first kappa shape index (κ1) is 13.8. The van der Waals surface area contributed by atoms with E-state index < -0.39 is 24.3 Å². The van der Waals surface area contributed by atoms with Crippen molar-refractivity contribution in [2.45, 2.75) is 38.2 Å². The number of carboxylic acids is 1. The van der Waals surface area contributed by atoms with Crippen LogP contribution in [0.3, 0.4) is 0 Å². The van der Waals surface area contributed by atoms with Gasteiger partial charge >= 0.3 is 5.97 Å². The summed E-state index contributed by atoms with van der Waals surface area (Å²) in [7, 11) is 0. The molecule has 0 aromatic rings. The lowest BCUT2D eigenvalue weighted by atomic mass is 10.0. The average Bonchev–Trinajstić information content (AvgIpc) is 2.23. The van der Waals surface area contributed by atoms with Crippen LogP contribution in [0, 0.1) is 0 Å². The normalized spacial score (nSPS) is 21.2. The van der Waals surface area contributed by atoms with Crippen LogP contribution in [0.2, 0.25) is 0 Å². The third kappa shape index (κ3) is 3.89. The molecule has 0 radical (unpaired) electrons. The second-order valence-corrected chi connectivity index (χ2v) is 4.48. The van der Waals surface area contributed by atoms with Crippen molar-refractivity contribution in [3.8, 4) is 0 Å². The van der Waals surface area contributed by atoms with Crippen molar-refractivity contribution in [1.29, 1.82) is 0 Å². The van der Waals surface area contributed by atoms with E-state index in [4.69, 9.17) is 21.4 Å². The molecule has 0 heterocycles. The van der Waals surface area contributed by atoms with Gasteiger partial charge in [-0.15, -0.1) is 11.6 Å². The Balaban J connectivity index is 2.65. The van der Waals surface area contributed by atoms with Gasteiger partial charge in [0.2, 0.25) is 0 Å². The zero-order valence-corrected chi connectivity index (χ0v) is 10.5. The number of carbonyl (C=O) groups excluding carboxylic acids is 1. The Bertz CT molecular complexity index is 384. The van der Waals surface area contributed by atoms with Gasteiger partial charge in [0, 0.05) is 0 Å². The molecule has 0 saturated heterocycles. The summed E-state index contributed by atoms with van der Waals surface area (Å²) < 4.78 is 5.43. The minimum absolute atomic E-state index is 0.128. The van der Waals surface area contributed by atoms with E-state index in [-0.39, 0.29) is 5.38 Å². The molecule has 5 heteroatoms. The predicted octanol–water partition coefficient (Wildman–Crippen LogP) is 2.28. The number of Topliss-reactive ketones (excluding diaryl/α,β-unsaturated/α-hetero) is 1. The number of carbonyl (C=O) groups is 2. The summed E-state index contributed by atoms with van der Waals surface area (Å²) in [6.45, 7) is 3.38. The average molecular weight is 259 g/mol. The van der Waals surface area contributed by atoms with E-state index in [2.05, 4.69) is 0 Å². The summed E-state index contributed by atoms with van der Waals surface area (Å²) in [5, 5.41) is 8.38. The van der Waals surface area contributed by atoms with Crippen molar-refractivity contribution >= 4 is 23.4 Å². The first-order valence-corrected chi connectivity index (χ1v) is 5.78. The van der Waals surface area contributed by atoms with Crippen LogP contribution in [0.15, 0.2) is 23.5 Å². The lowest BCUT2D eigenvalue weighted by molar-refractivity contribution is -0.142. The number of ether oxygens (including phenoxy) is 1. The molecule has 0 amide bonds. The van der Waals surface area contributed by atoms with Crippen molar-refractivity contribution in [2.24, 2.45) is 0 Å². The van der Waals surface area contributed by atoms with Gasteiger partial charge in [-0.05, 0) is 31.9 Å². The number of alkyl halides is 1. The highest BCUT2D eigenvalue weighted by molar-refractivity contribution is 6.22. The molecule has 1 rings (SSSR count). The third-order valence-corrected chi connectivity index (χ3v) is 3.06. The molecule has 94 valence electrons. The second kappa shape index (κ2) is 5.87. The molecule has 1 aliphatic rings. The minimum Gasteiger partial charge on any atom is -0.483 e. The molecule has 0 aromatic heterocycles. The Labute approximate surface area is 105 Å². The Kier molecular flexibility index (Phi) is 4.75.